The van der Waals surface area contributed by atoms with Crippen LogP contribution in [0.3, 0.4) is 0 Å². The number of nitrogens with two attached hydrogens (primary N) is 1. The number of nitrogen functional groups attached to an aromatic ring is 1. The average Bonchev–Trinajstić information content (AvgIpc) is 2.41. The fraction of sp³-hybridized carbons (Fsp3) is 0.625. The molecule has 114 valence electrons. The maximum Gasteiger partial charge on any atom is 0.144 e. The number of unbranched alkanes of at least 4 members (excludes halogenated alkanes) is 1. The van der Waals surface area contributed by atoms with Gasteiger partial charge in [0.1, 0.15) is 5.75 Å². The highest BCUT2D eigenvalue weighted by atomic mass is 16.5. The average molecular weight is 280 g/mol. The summed E-state index contributed by atoms with van der Waals surface area (Å²) in [5.41, 5.74) is 7.69. The van der Waals surface area contributed by atoms with Crippen molar-refractivity contribution in [1.82, 2.24) is 0 Å². The van der Waals surface area contributed by atoms with Crippen molar-refractivity contribution in [1.29, 1.82) is 0 Å². The Hall–Kier alpha value is -1.42. The van der Waals surface area contributed by atoms with Gasteiger partial charge >= 0.3 is 0 Å². The van der Waals surface area contributed by atoms with E-state index in [1.54, 1.807) is 0 Å². The Morgan fingerprint density at radius 2 is 1.95 bits per heavy atom. The third-order valence-electron chi connectivity index (χ3n) is 2.85. The summed E-state index contributed by atoms with van der Waals surface area (Å²) in [7, 11) is 0. The summed E-state index contributed by atoms with van der Waals surface area (Å²) in [6.45, 7) is 8.65. The zero-order chi connectivity index (χ0) is 14.8. The fourth-order valence-corrected chi connectivity index (χ4v) is 1.80. The Labute approximate surface area is 122 Å². The first-order valence-corrected chi connectivity index (χ1v) is 7.52. The van der Waals surface area contributed by atoms with Crippen molar-refractivity contribution in [3.8, 4) is 5.75 Å². The molecule has 1 aromatic rings. The minimum Gasteiger partial charge on any atom is -0.489 e. The Morgan fingerprint density at radius 1 is 1.20 bits per heavy atom. The summed E-state index contributed by atoms with van der Waals surface area (Å²) in [6.07, 6.45) is 3.41. The van der Waals surface area contributed by atoms with Crippen LogP contribution in [0.5, 0.6) is 5.75 Å². The third kappa shape index (κ3) is 6.15. The molecule has 0 aliphatic carbocycles. The highest BCUT2D eigenvalue weighted by Crippen LogP contribution is 2.29. The topological polar surface area (TPSA) is 56.5 Å². The molecule has 0 heterocycles. The predicted octanol–water partition coefficient (Wildman–Crippen LogP) is 3.67. The number of nitrogens with one attached hydrogen (secondary N) is 1. The van der Waals surface area contributed by atoms with Gasteiger partial charge in [-0.25, -0.2) is 0 Å². The molecule has 0 fully saturated rings. The molecule has 0 aliphatic heterocycles. The normalized spacial score (nSPS) is 10.8. The largest absolute Gasteiger partial charge is 0.489 e. The van der Waals surface area contributed by atoms with Gasteiger partial charge in [0.2, 0.25) is 0 Å². The summed E-state index contributed by atoms with van der Waals surface area (Å²) >= 11 is 0. The molecule has 1 aromatic carbocycles. The van der Waals surface area contributed by atoms with Gasteiger partial charge in [0.25, 0.3) is 0 Å². The molecule has 0 aromatic heterocycles. The fourth-order valence-electron chi connectivity index (χ4n) is 1.80. The minimum atomic E-state index is 0.125. The first-order chi connectivity index (χ1) is 9.65. The Kier molecular flexibility index (Phi) is 7.88. The minimum absolute atomic E-state index is 0.125. The molecule has 0 saturated carbocycles. The van der Waals surface area contributed by atoms with Crippen LogP contribution in [0.2, 0.25) is 0 Å². The van der Waals surface area contributed by atoms with Gasteiger partial charge in [-0.15, -0.1) is 0 Å². The van der Waals surface area contributed by atoms with Crippen LogP contribution in [-0.2, 0) is 4.74 Å². The molecular formula is C16H28N2O2. The van der Waals surface area contributed by atoms with Gasteiger partial charge in [0, 0.05) is 19.8 Å². The van der Waals surface area contributed by atoms with Crippen LogP contribution in [0.15, 0.2) is 18.2 Å². The molecule has 0 atom stereocenters. The second-order valence-electron chi connectivity index (χ2n) is 5.13. The van der Waals surface area contributed by atoms with E-state index in [1.807, 2.05) is 32.0 Å². The highest BCUT2D eigenvalue weighted by molar-refractivity contribution is 5.72. The quantitative estimate of drug-likeness (QED) is 0.507. The Bertz CT molecular complexity index is 381. The van der Waals surface area contributed by atoms with E-state index in [1.165, 1.54) is 6.42 Å². The highest BCUT2D eigenvalue weighted by Gasteiger charge is 2.06. The van der Waals surface area contributed by atoms with Gasteiger partial charge in [-0.3, -0.25) is 0 Å². The van der Waals surface area contributed by atoms with Gasteiger partial charge in [-0.05, 0) is 38.8 Å². The smallest absolute Gasteiger partial charge is 0.144 e. The number of hydrogen-bond donors (Lipinski definition) is 2. The molecule has 20 heavy (non-hydrogen) atoms. The van der Waals surface area contributed by atoms with Crippen LogP contribution in [0.1, 0.15) is 40.0 Å². The SMILES string of the molecule is CCCCOCCCNc1cccc(OC(C)C)c1N. The zero-order valence-corrected chi connectivity index (χ0v) is 12.9. The molecule has 0 bridgehead atoms. The Morgan fingerprint density at radius 3 is 2.65 bits per heavy atom. The monoisotopic (exact) mass is 280 g/mol. The van der Waals surface area contributed by atoms with E-state index in [9.17, 15) is 0 Å². The molecule has 4 heteroatoms. The van der Waals surface area contributed by atoms with E-state index < -0.39 is 0 Å². The lowest BCUT2D eigenvalue weighted by atomic mass is 10.2. The van der Waals surface area contributed by atoms with Crippen molar-refractivity contribution in [2.45, 2.75) is 46.1 Å². The van der Waals surface area contributed by atoms with E-state index in [2.05, 4.69) is 12.2 Å². The first kappa shape index (κ1) is 16.6. The molecule has 3 N–H and O–H groups in total. The van der Waals surface area contributed by atoms with Crippen molar-refractivity contribution in [2.75, 3.05) is 30.8 Å². The molecule has 4 nitrogen and oxygen atoms in total. The van der Waals surface area contributed by atoms with Crippen LogP contribution in [0.4, 0.5) is 11.4 Å². The summed E-state index contributed by atoms with van der Waals surface area (Å²) in [6, 6.07) is 5.82. The molecule has 0 radical (unpaired) electrons. The molecule has 0 aliphatic rings. The van der Waals surface area contributed by atoms with Crippen LogP contribution < -0.4 is 15.8 Å². The van der Waals surface area contributed by atoms with Crippen molar-refractivity contribution in [2.24, 2.45) is 0 Å². The lowest BCUT2D eigenvalue weighted by Crippen LogP contribution is -2.11. The molecular weight excluding hydrogens is 252 g/mol. The van der Waals surface area contributed by atoms with E-state index in [0.29, 0.717) is 5.69 Å². The number of hydrogen-bond acceptors (Lipinski definition) is 4. The van der Waals surface area contributed by atoms with Crippen LogP contribution in [0.25, 0.3) is 0 Å². The predicted molar refractivity (Wildman–Crippen MR) is 85.5 cm³/mol. The summed E-state index contributed by atoms with van der Waals surface area (Å²) in [4.78, 5) is 0. The number of para-hydroxylation sites is 1. The van der Waals surface area contributed by atoms with Crippen LogP contribution >= 0.6 is 0 Å². The van der Waals surface area contributed by atoms with Gasteiger partial charge in [0.15, 0.2) is 0 Å². The van der Waals surface area contributed by atoms with Crippen LogP contribution in [0, 0.1) is 0 Å². The maximum atomic E-state index is 6.09. The number of rotatable bonds is 10. The van der Waals surface area contributed by atoms with Crippen molar-refractivity contribution >= 4 is 11.4 Å². The van der Waals surface area contributed by atoms with E-state index >= 15 is 0 Å². The molecule has 1 rings (SSSR count). The summed E-state index contributed by atoms with van der Waals surface area (Å²) in [5.74, 6) is 0.740. The number of anilines is 2. The maximum absolute atomic E-state index is 6.09. The molecule has 0 saturated heterocycles. The standard InChI is InChI=1S/C16H28N2O2/c1-4-5-11-19-12-7-10-18-14-8-6-9-15(16(14)17)20-13(2)3/h6,8-9,13,18H,4-5,7,10-12,17H2,1-3H3. The third-order valence-corrected chi connectivity index (χ3v) is 2.85. The summed E-state index contributed by atoms with van der Waals surface area (Å²) < 4.78 is 11.2. The van der Waals surface area contributed by atoms with E-state index in [-0.39, 0.29) is 6.10 Å². The van der Waals surface area contributed by atoms with Crippen molar-refractivity contribution in [3.63, 3.8) is 0 Å². The van der Waals surface area contributed by atoms with Gasteiger partial charge < -0.3 is 20.5 Å². The van der Waals surface area contributed by atoms with Gasteiger partial charge in [-0.1, -0.05) is 19.4 Å². The lowest BCUT2D eigenvalue weighted by Gasteiger charge is -2.15. The van der Waals surface area contributed by atoms with E-state index in [4.69, 9.17) is 15.2 Å². The molecule has 0 spiro atoms. The Balaban J connectivity index is 2.33. The molecule has 0 amide bonds. The van der Waals surface area contributed by atoms with E-state index in [0.717, 1.165) is 44.0 Å². The second-order valence-corrected chi connectivity index (χ2v) is 5.13. The number of benzene rings is 1. The summed E-state index contributed by atoms with van der Waals surface area (Å²) in [5, 5.41) is 3.33. The van der Waals surface area contributed by atoms with Crippen molar-refractivity contribution in [3.05, 3.63) is 18.2 Å². The number of ether oxygens (including phenoxy) is 2. The second kappa shape index (κ2) is 9.48. The van der Waals surface area contributed by atoms with Crippen molar-refractivity contribution < 1.29 is 9.47 Å². The zero-order valence-electron chi connectivity index (χ0n) is 12.9. The first-order valence-electron chi connectivity index (χ1n) is 7.52. The molecule has 0 unspecified atom stereocenters. The van der Waals surface area contributed by atoms with Gasteiger partial charge in [0.05, 0.1) is 17.5 Å². The van der Waals surface area contributed by atoms with Crippen LogP contribution in [-0.4, -0.2) is 25.9 Å². The lowest BCUT2D eigenvalue weighted by molar-refractivity contribution is 0.131. The van der Waals surface area contributed by atoms with Gasteiger partial charge in [-0.2, -0.15) is 0 Å².